The van der Waals surface area contributed by atoms with E-state index in [1.807, 2.05) is 12.1 Å². The summed E-state index contributed by atoms with van der Waals surface area (Å²) in [5.41, 5.74) is 5.63. The molecule has 3 rings (SSSR count). The van der Waals surface area contributed by atoms with Crippen LogP contribution in [-0.2, 0) is 36.6 Å². The van der Waals surface area contributed by atoms with E-state index in [2.05, 4.69) is 76.8 Å². The summed E-state index contributed by atoms with van der Waals surface area (Å²) in [5, 5.41) is 21.6. The second kappa shape index (κ2) is 12.5. The molecule has 176 valence electrons. The van der Waals surface area contributed by atoms with Crippen LogP contribution in [0.5, 0.6) is 11.5 Å². The van der Waals surface area contributed by atoms with Gasteiger partial charge in [-0.15, -0.1) is 0 Å². The van der Waals surface area contributed by atoms with E-state index >= 15 is 0 Å². The molecule has 0 atom stereocenters. The number of hydrogen-bond acceptors (Lipinski definition) is 2. The zero-order valence-corrected chi connectivity index (χ0v) is 23.6. The molecule has 0 amide bonds. The first-order valence-electron chi connectivity index (χ1n) is 11.7. The molecule has 1 saturated carbocycles. The van der Waals surface area contributed by atoms with Gasteiger partial charge in [-0.1, -0.05) is 109 Å². The number of phenols is 2. The van der Waals surface area contributed by atoms with Crippen molar-refractivity contribution >= 4 is 9.30 Å². The van der Waals surface area contributed by atoms with Crippen LogP contribution < -0.4 is 0 Å². The number of halogens is 1. The van der Waals surface area contributed by atoms with Crippen LogP contribution in [0.4, 0.5) is 0 Å². The fourth-order valence-electron chi connectivity index (χ4n) is 4.21. The normalized spacial score (nSPS) is 13.6. The van der Waals surface area contributed by atoms with E-state index < -0.39 is 0 Å². The summed E-state index contributed by atoms with van der Waals surface area (Å²) in [6.45, 7) is 16.7. The molecule has 0 heterocycles. The van der Waals surface area contributed by atoms with Gasteiger partial charge in [0.2, 0.25) is 0 Å². The predicted molar refractivity (Wildman–Crippen MR) is 135 cm³/mol. The van der Waals surface area contributed by atoms with Crippen LogP contribution in [0.1, 0.15) is 107 Å². The number of benzene rings is 2. The summed E-state index contributed by atoms with van der Waals surface area (Å²) in [7, 11) is 4.64. The molecule has 2 aromatic rings. The van der Waals surface area contributed by atoms with Crippen molar-refractivity contribution in [2.75, 3.05) is 0 Å². The first-order valence-corrected chi connectivity index (χ1v) is 13.8. The molecule has 4 heteroatoms. The third-order valence-electron chi connectivity index (χ3n) is 5.91. The van der Waals surface area contributed by atoms with Gasteiger partial charge in [-0.3, -0.25) is 0 Å². The van der Waals surface area contributed by atoms with E-state index in [1.54, 1.807) is 0 Å². The zero-order chi connectivity index (χ0) is 24.7. The SMILES string of the molecule is C1CCCC1.Cc1cc(Cc2cc(C)cc(C(C)(C)C)c2O)c(O)c(C(C)(C)C)c1.[Cl][Ti+]. The molecule has 32 heavy (non-hydrogen) atoms. The van der Waals surface area contributed by atoms with E-state index in [0.29, 0.717) is 17.9 Å². The van der Waals surface area contributed by atoms with Crippen molar-refractivity contribution in [3.63, 3.8) is 0 Å². The molecule has 0 aliphatic heterocycles. The minimum absolute atomic E-state index is 0.129. The number of aryl methyl sites for hydroxylation is 2. The molecule has 1 aliphatic carbocycles. The second-order valence-corrected chi connectivity index (χ2v) is 11.1. The Kier molecular flexibility index (Phi) is 11.4. The van der Waals surface area contributed by atoms with Crippen molar-refractivity contribution < 1.29 is 29.6 Å². The van der Waals surface area contributed by atoms with E-state index in [9.17, 15) is 10.2 Å². The van der Waals surface area contributed by atoms with E-state index in [-0.39, 0.29) is 10.8 Å². The molecule has 2 N–H and O–H groups in total. The van der Waals surface area contributed by atoms with Crippen molar-refractivity contribution in [1.82, 2.24) is 0 Å². The molecule has 0 radical (unpaired) electrons. The zero-order valence-electron chi connectivity index (χ0n) is 21.3. The average Bonchev–Trinajstić information content (AvgIpc) is 3.27. The topological polar surface area (TPSA) is 40.5 Å². The summed E-state index contributed by atoms with van der Waals surface area (Å²) in [5.74, 6) is 0.688. The number of rotatable bonds is 2. The Morgan fingerprint density at radius 1 is 0.656 bits per heavy atom. The van der Waals surface area contributed by atoms with Gasteiger partial charge >= 0.3 is 28.7 Å². The second-order valence-electron chi connectivity index (χ2n) is 11.1. The Morgan fingerprint density at radius 2 is 0.938 bits per heavy atom. The van der Waals surface area contributed by atoms with E-state index in [4.69, 9.17) is 0 Å². The van der Waals surface area contributed by atoms with Crippen LogP contribution in [0.2, 0.25) is 0 Å². The Labute approximate surface area is 212 Å². The van der Waals surface area contributed by atoms with Gasteiger partial charge < -0.3 is 10.2 Å². The van der Waals surface area contributed by atoms with Crippen molar-refractivity contribution in [2.45, 2.75) is 105 Å². The summed E-state index contributed by atoms with van der Waals surface area (Å²) < 4.78 is 0. The summed E-state index contributed by atoms with van der Waals surface area (Å²) >= 11 is 1.47. The van der Waals surface area contributed by atoms with Crippen LogP contribution in [0.25, 0.3) is 0 Å². The Balaban J connectivity index is 0.000000629. The quantitative estimate of drug-likeness (QED) is 0.411. The Morgan fingerprint density at radius 3 is 1.19 bits per heavy atom. The molecule has 2 aromatic carbocycles. The maximum atomic E-state index is 10.8. The standard InChI is InChI=1S/C23H32O2.C5H10.ClH.Ti/c1-14-9-16(20(24)18(11-14)22(3,4)5)13-17-10-15(2)12-19(21(17)25)23(6,7)8;1-2-4-5-3-1;;/h9-12,24-25H,13H2,1-8H3;1-5H2;1H;/q;;;+2/p-1. The first-order chi connectivity index (χ1) is 14.8. The van der Waals surface area contributed by atoms with Gasteiger partial charge in [-0.25, -0.2) is 0 Å². The molecule has 0 saturated heterocycles. The number of phenolic OH excluding ortho intramolecular Hbond substituents is 2. The van der Waals surface area contributed by atoms with E-state index in [0.717, 1.165) is 33.4 Å². The molecule has 1 aliphatic rings. The first kappa shape index (κ1) is 29.1. The molecular weight excluding hydrogens is 452 g/mol. The van der Waals surface area contributed by atoms with Gasteiger partial charge in [0.25, 0.3) is 0 Å². The monoisotopic (exact) mass is 493 g/mol. The fourth-order valence-corrected chi connectivity index (χ4v) is 4.21. The summed E-state index contributed by atoms with van der Waals surface area (Å²) in [4.78, 5) is 0. The molecule has 1 fully saturated rings. The van der Waals surface area contributed by atoms with Crippen LogP contribution in [0.15, 0.2) is 24.3 Å². The summed E-state index contributed by atoms with van der Waals surface area (Å²) in [6, 6.07) is 8.14. The van der Waals surface area contributed by atoms with Crippen LogP contribution in [0, 0.1) is 13.8 Å². The van der Waals surface area contributed by atoms with Gasteiger partial charge in [0, 0.05) is 6.42 Å². The van der Waals surface area contributed by atoms with Crippen LogP contribution >= 0.6 is 9.30 Å². The van der Waals surface area contributed by atoms with Gasteiger partial charge in [-0.05, 0) is 46.9 Å². The van der Waals surface area contributed by atoms with Crippen LogP contribution in [0.3, 0.4) is 0 Å². The van der Waals surface area contributed by atoms with Crippen molar-refractivity contribution in [3.8, 4) is 11.5 Å². The average molecular weight is 494 g/mol. The Hall–Kier alpha value is -0.956. The van der Waals surface area contributed by atoms with Crippen molar-refractivity contribution in [1.29, 1.82) is 0 Å². The molecule has 0 spiro atoms. The molecule has 0 aromatic heterocycles. The third-order valence-corrected chi connectivity index (χ3v) is 5.91. The van der Waals surface area contributed by atoms with Crippen molar-refractivity contribution in [2.24, 2.45) is 0 Å². The minimum atomic E-state index is -0.129. The fraction of sp³-hybridized carbons (Fsp3) is 0.571. The number of hydrogen-bond donors (Lipinski definition) is 2. The van der Waals surface area contributed by atoms with Gasteiger partial charge in [-0.2, -0.15) is 0 Å². The summed E-state index contributed by atoms with van der Waals surface area (Å²) in [6.07, 6.45) is 8.02. The molecule has 2 nitrogen and oxygen atoms in total. The van der Waals surface area contributed by atoms with Crippen molar-refractivity contribution in [3.05, 3.63) is 57.6 Å². The van der Waals surface area contributed by atoms with E-state index in [1.165, 1.54) is 51.5 Å². The van der Waals surface area contributed by atoms with Gasteiger partial charge in [0.05, 0.1) is 0 Å². The molecule has 0 unspecified atom stereocenters. The van der Waals surface area contributed by atoms with Gasteiger partial charge in [0.1, 0.15) is 11.5 Å². The van der Waals surface area contributed by atoms with Crippen LogP contribution in [-0.4, -0.2) is 10.2 Å². The molecular formula is C28H42ClO2Ti+. The predicted octanol–water partition coefficient (Wildman–Crippen LogP) is 8.54. The third kappa shape index (κ3) is 8.43. The maximum absolute atomic E-state index is 10.8. The number of aromatic hydroxyl groups is 2. The molecule has 0 bridgehead atoms. The Bertz CT molecular complexity index is 797. The van der Waals surface area contributed by atoms with Gasteiger partial charge in [0.15, 0.2) is 0 Å².